The summed E-state index contributed by atoms with van der Waals surface area (Å²) >= 11 is 0. The van der Waals surface area contributed by atoms with Crippen LogP contribution in [0.25, 0.3) is 11.4 Å². The van der Waals surface area contributed by atoms with Gasteiger partial charge in [-0.05, 0) is 6.42 Å². The van der Waals surface area contributed by atoms with E-state index in [0.717, 1.165) is 48.4 Å². The highest BCUT2D eigenvalue weighted by atomic mass is 15.4. The fourth-order valence-electron chi connectivity index (χ4n) is 3.36. The summed E-state index contributed by atoms with van der Waals surface area (Å²) in [6, 6.07) is 10.8. The third kappa shape index (κ3) is 1.85. The zero-order valence-electron chi connectivity index (χ0n) is 13.3. The van der Waals surface area contributed by atoms with E-state index in [0.29, 0.717) is 6.04 Å². The van der Waals surface area contributed by atoms with E-state index in [9.17, 15) is 0 Å². The molecule has 0 amide bonds. The number of nitrogens with zero attached hydrogens (tertiary/aromatic N) is 5. The molecule has 2 aromatic rings. The molecule has 1 aromatic carbocycles. The first kappa shape index (κ1) is 13.4. The number of hydrogen-bond acceptors (Lipinski definition) is 4. The minimum absolute atomic E-state index is 0.407. The van der Waals surface area contributed by atoms with Crippen molar-refractivity contribution in [3.63, 3.8) is 0 Å². The first-order chi connectivity index (χ1) is 10.7. The van der Waals surface area contributed by atoms with E-state index in [-0.39, 0.29) is 0 Å². The fraction of sp³-hybridized carbons (Fsp3) is 0.412. The van der Waals surface area contributed by atoms with Gasteiger partial charge in [-0.15, -0.1) is 0 Å². The van der Waals surface area contributed by atoms with Gasteiger partial charge in [0.25, 0.3) is 0 Å². The van der Waals surface area contributed by atoms with Crippen molar-refractivity contribution in [1.29, 1.82) is 0 Å². The van der Waals surface area contributed by atoms with Gasteiger partial charge in [0.15, 0.2) is 11.7 Å². The molecule has 0 fully saturated rings. The maximum Gasteiger partial charge on any atom is 0.160 e. The number of aromatic nitrogens is 2. The van der Waals surface area contributed by atoms with Gasteiger partial charge >= 0.3 is 0 Å². The molecule has 22 heavy (non-hydrogen) atoms. The molecular formula is C17H21N5. The van der Waals surface area contributed by atoms with E-state index in [1.54, 1.807) is 0 Å². The predicted octanol–water partition coefficient (Wildman–Crippen LogP) is 2.34. The van der Waals surface area contributed by atoms with E-state index in [4.69, 9.17) is 9.98 Å². The minimum atomic E-state index is 0.407. The average Bonchev–Trinajstić information content (AvgIpc) is 3.09. The molecule has 2 aliphatic rings. The Morgan fingerprint density at radius 1 is 1.18 bits per heavy atom. The van der Waals surface area contributed by atoms with Crippen LogP contribution in [-0.2, 0) is 7.05 Å². The van der Waals surface area contributed by atoms with Crippen molar-refractivity contribution in [1.82, 2.24) is 14.5 Å². The van der Waals surface area contributed by atoms with E-state index in [1.807, 2.05) is 6.07 Å². The number of imidazole rings is 1. The lowest BCUT2D eigenvalue weighted by Crippen LogP contribution is -2.44. The van der Waals surface area contributed by atoms with Crippen molar-refractivity contribution in [3.8, 4) is 11.4 Å². The summed E-state index contributed by atoms with van der Waals surface area (Å²) < 4.78 is 2.18. The van der Waals surface area contributed by atoms with Crippen molar-refractivity contribution in [2.45, 2.75) is 19.4 Å². The molecule has 0 saturated carbocycles. The van der Waals surface area contributed by atoms with Gasteiger partial charge in [-0.25, -0.2) is 4.98 Å². The fourth-order valence-corrected chi connectivity index (χ4v) is 3.36. The molecule has 0 N–H and O–H groups in total. The topological polar surface area (TPSA) is 36.7 Å². The Hall–Kier alpha value is -2.30. The minimum Gasteiger partial charge on any atom is -0.340 e. The maximum absolute atomic E-state index is 4.93. The van der Waals surface area contributed by atoms with Gasteiger partial charge in [0.05, 0.1) is 12.7 Å². The quantitative estimate of drug-likeness (QED) is 0.853. The van der Waals surface area contributed by atoms with Crippen molar-refractivity contribution in [3.05, 3.63) is 36.0 Å². The first-order valence-electron chi connectivity index (χ1n) is 7.85. The second-order valence-electron chi connectivity index (χ2n) is 6.11. The molecule has 0 bridgehead atoms. The molecule has 1 atom stereocenters. The van der Waals surface area contributed by atoms with E-state index in [2.05, 4.69) is 59.7 Å². The monoisotopic (exact) mass is 295 g/mol. The van der Waals surface area contributed by atoms with Crippen LogP contribution in [0.1, 0.15) is 19.0 Å². The second kappa shape index (κ2) is 4.87. The molecule has 5 heteroatoms. The lowest BCUT2D eigenvalue weighted by Gasteiger charge is -2.33. The summed E-state index contributed by atoms with van der Waals surface area (Å²) in [4.78, 5) is 14.4. The van der Waals surface area contributed by atoms with E-state index in [1.165, 1.54) is 0 Å². The lowest BCUT2D eigenvalue weighted by atomic mass is 10.2. The van der Waals surface area contributed by atoms with Crippen LogP contribution >= 0.6 is 0 Å². The normalized spacial score (nSPS) is 20.0. The zero-order valence-corrected chi connectivity index (χ0v) is 13.3. The highest BCUT2D eigenvalue weighted by Gasteiger charge is 2.36. The second-order valence-corrected chi connectivity index (χ2v) is 6.11. The molecule has 3 heterocycles. The average molecular weight is 295 g/mol. The van der Waals surface area contributed by atoms with Gasteiger partial charge in [-0.2, -0.15) is 0 Å². The molecule has 0 saturated heterocycles. The van der Waals surface area contributed by atoms with Crippen LogP contribution in [0.2, 0.25) is 0 Å². The van der Waals surface area contributed by atoms with Crippen LogP contribution in [0, 0.1) is 0 Å². The summed E-state index contributed by atoms with van der Waals surface area (Å²) in [5.41, 5.74) is 2.29. The molecule has 0 unspecified atom stereocenters. The van der Waals surface area contributed by atoms with Gasteiger partial charge in [0.2, 0.25) is 0 Å². The Morgan fingerprint density at radius 3 is 2.68 bits per heavy atom. The number of hydrogen-bond donors (Lipinski definition) is 0. The largest absolute Gasteiger partial charge is 0.340 e. The first-order valence-corrected chi connectivity index (χ1v) is 7.85. The highest BCUT2D eigenvalue weighted by molar-refractivity contribution is 6.05. The maximum atomic E-state index is 4.93. The van der Waals surface area contributed by atoms with Gasteiger partial charge < -0.3 is 14.4 Å². The summed E-state index contributed by atoms with van der Waals surface area (Å²) in [7, 11) is 4.20. The van der Waals surface area contributed by atoms with Gasteiger partial charge in [0, 0.05) is 26.2 Å². The van der Waals surface area contributed by atoms with Crippen LogP contribution in [-0.4, -0.2) is 46.6 Å². The van der Waals surface area contributed by atoms with Crippen LogP contribution in [0.5, 0.6) is 0 Å². The number of rotatable bonds is 2. The smallest absolute Gasteiger partial charge is 0.160 e. The zero-order chi connectivity index (χ0) is 15.3. The van der Waals surface area contributed by atoms with E-state index >= 15 is 0 Å². The third-order valence-corrected chi connectivity index (χ3v) is 4.57. The summed E-state index contributed by atoms with van der Waals surface area (Å²) in [6.45, 7) is 4.09. The summed E-state index contributed by atoms with van der Waals surface area (Å²) in [5, 5.41) is 0. The molecule has 0 radical (unpaired) electrons. The SMILES string of the molecule is CC[C@H]1CN2CN(C)c3nc(-c4ccccc4)n(C)c3C2=N1. The van der Waals surface area contributed by atoms with Crippen molar-refractivity contribution in [2.75, 3.05) is 25.2 Å². The van der Waals surface area contributed by atoms with Crippen molar-refractivity contribution < 1.29 is 0 Å². The molecule has 5 nitrogen and oxygen atoms in total. The molecular weight excluding hydrogens is 274 g/mol. The van der Waals surface area contributed by atoms with Gasteiger partial charge in [-0.3, -0.25) is 4.99 Å². The molecule has 0 spiro atoms. The Labute approximate surface area is 130 Å². The molecule has 2 aliphatic heterocycles. The molecule has 1 aromatic heterocycles. The summed E-state index contributed by atoms with van der Waals surface area (Å²) in [6.07, 6.45) is 1.09. The summed E-state index contributed by atoms with van der Waals surface area (Å²) in [5.74, 6) is 3.15. The van der Waals surface area contributed by atoms with Gasteiger partial charge in [0.1, 0.15) is 11.5 Å². The number of aliphatic imine (C=N–C) groups is 1. The van der Waals surface area contributed by atoms with Crippen LogP contribution in [0.15, 0.2) is 35.3 Å². The number of fused-ring (bicyclic) bond motifs is 3. The van der Waals surface area contributed by atoms with Gasteiger partial charge in [-0.1, -0.05) is 37.3 Å². The number of benzene rings is 1. The lowest BCUT2D eigenvalue weighted by molar-refractivity contribution is 0.412. The Bertz CT molecular complexity index is 731. The van der Waals surface area contributed by atoms with Crippen molar-refractivity contribution >= 4 is 11.7 Å². The van der Waals surface area contributed by atoms with Crippen LogP contribution in [0.3, 0.4) is 0 Å². The van der Waals surface area contributed by atoms with Crippen LogP contribution < -0.4 is 4.90 Å². The van der Waals surface area contributed by atoms with E-state index < -0.39 is 0 Å². The number of amidine groups is 1. The Balaban J connectivity index is 1.87. The van der Waals surface area contributed by atoms with Crippen LogP contribution in [0.4, 0.5) is 5.82 Å². The number of anilines is 1. The highest BCUT2D eigenvalue weighted by Crippen LogP contribution is 2.33. The predicted molar refractivity (Wildman–Crippen MR) is 89.2 cm³/mol. The Morgan fingerprint density at radius 2 is 1.95 bits per heavy atom. The molecule has 4 rings (SSSR count). The Kier molecular flexibility index (Phi) is 2.96. The standard InChI is InChI=1S/C17H21N5/c1-4-13-10-22-11-20(2)16-14(17(22)18-13)21(3)15(19-16)12-8-6-5-7-9-12/h5-9,13H,4,10-11H2,1-3H3/t13-/m0/s1. The third-order valence-electron chi connectivity index (χ3n) is 4.57. The molecule has 114 valence electrons. The molecule has 0 aliphatic carbocycles. The van der Waals surface area contributed by atoms with Crippen molar-refractivity contribution in [2.24, 2.45) is 12.0 Å².